The third-order valence-electron chi connectivity index (χ3n) is 3.38. The molecule has 0 atom stereocenters. The topological polar surface area (TPSA) is 74.8 Å². The van der Waals surface area contributed by atoms with Crippen LogP contribution in [0.2, 0.25) is 0 Å². The number of hydrogen-bond donors (Lipinski definition) is 2. The van der Waals surface area contributed by atoms with Crippen molar-refractivity contribution in [3.8, 4) is 11.3 Å². The third kappa shape index (κ3) is 2.53. The molecule has 2 heterocycles. The molecule has 2 N–H and O–H groups in total. The van der Waals surface area contributed by atoms with Gasteiger partial charge in [0.25, 0.3) is 0 Å². The Morgan fingerprint density at radius 1 is 1.14 bits per heavy atom. The second-order valence-corrected chi connectivity index (χ2v) is 5.62. The average molecular weight is 329 g/mol. The molecule has 0 bridgehead atoms. The normalized spacial score (nSPS) is 14.8. The Labute approximate surface area is 124 Å². The minimum Gasteiger partial charge on any atom is -0.281 e. The van der Waals surface area contributed by atoms with E-state index in [0.717, 1.165) is 12.1 Å². The fraction of sp³-hybridized carbons (Fsp3) is 0.231. The predicted molar refractivity (Wildman–Crippen MR) is 73.8 cm³/mol. The summed E-state index contributed by atoms with van der Waals surface area (Å²) in [6, 6.07) is 4.44. The van der Waals surface area contributed by atoms with Crippen molar-refractivity contribution in [2.45, 2.75) is 12.6 Å². The molecule has 0 spiro atoms. The van der Waals surface area contributed by atoms with Crippen LogP contribution in [0.15, 0.2) is 24.3 Å². The standard InChI is InChI=1S/C13H10F3N3O2S/c14-13(15,16)8-3-1-7(2-4-8)11-10-9(18-19-11)5-6-17-12(10)22(20)21/h1-4,17H,5-6H2,(H,18,19). The van der Waals surface area contributed by atoms with Gasteiger partial charge >= 0.3 is 6.18 Å². The first kappa shape index (κ1) is 14.8. The molecule has 3 rings (SSSR count). The second kappa shape index (κ2) is 5.25. The fourth-order valence-corrected chi connectivity index (χ4v) is 2.97. The number of rotatable bonds is 1. The zero-order chi connectivity index (χ0) is 15.9. The van der Waals surface area contributed by atoms with E-state index in [1.807, 2.05) is 0 Å². The lowest BCUT2D eigenvalue weighted by atomic mass is 10.0. The van der Waals surface area contributed by atoms with E-state index in [2.05, 4.69) is 15.5 Å². The highest BCUT2D eigenvalue weighted by Crippen LogP contribution is 2.32. The van der Waals surface area contributed by atoms with Crippen molar-refractivity contribution >= 4 is 15.3 Å². The van der Waals surface area contributed by atoms with Crippen LogP contribution in [-0.4, -0.2) is 30.1 Å². The van der Waals surface area contributed by atoms with Crippen LogP contribution >= 0.6 is 0 Å². The number of halogens is 3. The maximum Gasteiger partial charge on any atom is 0.416 e. The van der Waals surface area contributed by atoms with Crippen molar-refractivity contribution in [1.29, 1.82) is 0 Å². The summed E-state index contributed by atoms with van der Waals surface area (Å²) >= 11 is 0. The quantitative estimate of drug-likeness (QED) is 0.779. The van der Waals surface area contributed by atoms with Crippen LogP contribution in [0.1, 0.15) is 16.8 Å². The lowest BCUT2D eigenvalue weighted by molar-refractivity contribution is -0.137. The molecular weight excluding hydrogens is 319 g/mol. The molecule has 0 fully saturated rings. The van der Waals surface area contributed by atoms with Gasteiger partial charge in [0, 0.05) is 24.2 Å². The number of nitrogens with one attached hydrogen (secondary N) is 2. The van der Waals surface area contributed by atoms with Gasteiger partial charge in [-0.1, -0.05) is 12.1 Å². The van der Waals surface area contributed by atoms with Gasteiger partial charge in [-0.2, -0.15) is 26.7 Å². The van der Waals surface area contributed by atoms with E-state index in [4.69, 9.17) is 0 Å². The summed E-state index contributed by atoms with van der Waals surface area (Å²) in [7, 11) is -2.48. The monoisotopic (exact) mass is 329 g/mol. The SMILES string of the molecule is O=S(=O)=C1NCCc2[nH]nc(-c3ccc(C(F)(F)F)cc3)c21. The number of aromatic nitrogens is 2. The summed E-state index contributed by atoms with van der Waals surface area (Å²) in [5, 5.41) is 9.57. The van der Waals surface area contributed by atoms with E-state index >= 15 is 0 Å². The van der Waals surface area contributed by atoms with Gasteiger partial charge in [-0.05, 0) is 12.1 Å². The molecule has 1 aliphatic rings. The summed E-state index contributed by atoms with van der Waals surface area (Å²) in [6.45, 7) is 0.449. The molecule has 116 valence electrons. The highest BCUT2D eigenvalue weighted by atomic mass is 32.2. The van der Waals surface area contributed by atoms with E-state index in [0.29, 0.717) is 35.5 Å². The minimum absolute atomic E-state index is 0.00454. The number of nitrogens with zero attached hydrogens (tertiary/aromatic N) is 1. The summed E-state index contributed by atoms with van der Waals surface area (Å²) in [5.74, 6) is 0. The van der Waals surface area contributed by atoms with Gasteiger partial charge in [-0.3, -0.25) is 10.4 Å². The Morgan fingerprint density at radius 2 is 1.82 bits per heavy atom. The highest BCUT2D eigenvalue weighted by molar-refractivity contribution is 7.73. The maximum absolute atomic E-state index is 12.6. The lowest BCUT2D eigenvalue weighted by Crippen LogP contribution is -2.33. The molecule has 1 aromatic heterocycles. The molecule has 5 nitrogen and oxygen atoms in total. The molecular formula is C13H10F3N3O2S. The van der Waals surface area contributed by atoms with Crippen molar-refractivity contribution in [3.05, 3.63) is 41.1 Å². The summed E-state index contributed by atoms with van der Waals surface area (Å²) in [6.07, 6.45) is -3.86. The Bertz CT molecular complexity index is 844. The summed E-state index contributed by atoms with van der Waals surface area (Å²) in [5.41, 5.74) is 0.995. The van der Waals surface area contributed by atoms with Gasteiger partial charge in [0.2, 0.25) is 10.3 Å². The molecule has 2 aromatic rings. The zero-order valence-electron chi connectivity index (χ0n) is 11.0. The van der Waals surface area contributed by atoms with Crippen molar-refractivity contribution < 1.29 is 21.6 Å². The van der Waals surface area contributed by atoms with Gasteiger partial charge in [-0.15, -0.1) is 0 Å². The van der Waals surface area contributed by atoms with Gasteiger partial charge in [0.1, 0.15) is 10.7 Å². The largest absolute Gasteiger partial charge is 0.416 e. The first-order valence-electron chi connectivity index (χ1n) is 6.33. The Hall–Kier alpha value is -2.13. The van der Waals surface area contributed by atoms with Crippen LogP contribution < -0.4 is 5.32 Å². The number of H-pyrrole nitrogens is 1. The molecule has 22 heavy (non-hydrogen) atoms. The lowest BCUT2D eigenvalue weighted by Gasteiger charge is -2.14. The van der Waals surface area contributed by atoms with Gasteiger partial charge < -0.3 is 0 Å². The van der Waals surface area contributed by atoms with Crippen LogP contribution in [0, 0.1) is 0 Å². The van der Waals surface area contributed by atoms with Crippen molar-refractivity contribution in [2.75, 3.05) is 6.54 Å². The molecule has 1 aliphatic heterocycles. The van der Waals surface area contributed by atoms with Crippen molar-refractivity contribution in [2.24, 2.45) is 0 Å². The first-order valence-corrected chi connectivity index (χ1v) is 7.41. The molecule has 0 saturated heterocycles. The first-order chi connectivity index (χ1) is 10.4. The molecule has 0 saturated carbocycles. The Kier molecular flexibility index (Phi) is 3.53. The molecule has 0 aliphatic carbocycles. The van der Waals surface area contributed by atoms with Crippen molar-refractivity contribution in [1.82, 2.24) is 15.5 Å². The predicted octanol–water partition coefficient (Wildman–Crippen LogP) is 1.60. The van der Waals surface area contributed by atoms with E-state index in [1.54, 1.807) is 0 Å². The molecule has 0 radical (unpaired) electrons. The maximum atomic E-state index is 12.6. The molecule has 9 heteroatoms. The average Bonchev–Trinajstić information content (AvgIpc) is 2.90. The van der Waals surface area contributed by atoms with E-state index in [9.17, 15) is 21.6 Å². The fourth-order valence-electron chi connectivity index (χ4n) is 2.36. The van der Waals surface area contributed by atoms with Crippen LogP contribution in [0.5, 0.6) is 0 Å². The van der Waals surface area contributed by atoms with E-state index in [1.165, 1.54) is 12.1 Å². The van der Waals surface area contributed by atoms with Crippen LogP contribution in [-0.2, 0) is 22.9 Å². The van der Waals surface area contributed by atoms with E-state index in [-0.39, 0.29) is 4.99 Å². The highest BCUT2D eigenvalue weighted by Gasteiger charge is 2.30. The van der Waals surface area contributed by atoms with Gasteiger partial charge in [0.05, 0.1) is 11.1 Å². The van der Waals surface area contributed by atoms with Gasteiger partial charge in [-0.25, -0.2) is 0 Å². The molecule has 1 aromatic carbocycles. The Morgan fingerprint density at radius 3 is 2.41 bits per heavy atom. The van der Waals surface area contributed by atoms with Crippen LogP contribution in [0.4, 0.5) is 13.2 Å². The second-order valence-electron chi connectivity index (χ2n) is 4.74. The van der Waals surface area contributed by atoms with Gasteiger partial charge in [0.15, 0.2) is 0 Å². The van der Waals surface area contributed by atoms with E-state index < -0.39 is 22.0 Å². The smallest absolute Gasteiger partial charge is 0.281 e. The number of aromatic amines is 1. The number of fused-ring (bicyclic) bond motifs is 1. The Balaban J connectivity index is 2.11. The number of benzene rings is 1. The van der Waals surface area contributed by atoms with Crippen LogP contribution in [0.25, 0.3) is 11.3 Å². The number of alkyl halides is 3. The molecule has 0 unspecified atom stereocenters. The minimum atomic E-state index is -4.42. The van der Waals surface area contributed by atoms with Crippen molar-refractivity contribution in [3.63, 3.8) is 0 Å². The zero-order valence-corrected chi connectivity index (χ0v) is 11.8. The van der Waals surface area contributed by atoms with Crippen LogP contribution in [0.3, 0.4) is 0 Å². The molecule has 0 amide bonds. The summed E-state index contributed by atoms with van der Waals surface area (Å²) in [4.78, 5) is 0.00454. The third-order valence-corrected chi connectivity index (χ3v) is 4.06. The number of hydrogen-bond acceptors (Lipinski definition) is 3. The summed E-state index contributed by atoms with van der Waals surface area (Å²) < 4.78 is 60.3.